The van der Waals surface area contributed by atoms with E-state index < -0.39 is 0 Å². The second-order valence-corrected chi connectivity index (χ2v) is 13.1. The van der Waals surface area contributed by atoms with Gasteiger partial charge in [0.15, 0.2) is 0 Å². The summed E-state index contributed by atoms with van der Waals surface area (Å²) in [6.45, 7) is 4.12. The van der Waals surface area contributed by atoms with Crippen molar-refractivity contribution in [2.45, 2.75) is 57.0 Å². The van der Waals surface area contributed by atoms with Crippen LogP contribution in [0.25, 0.3) is 0 Å². The fourth-order valence-corrected chi connectivity index (χ4v) is 7.19. The van der Waals surface area contributed by atoms with Crippen molar-refractivity contribution < 1.29 is 23.8 Å². The van der Waals surface area contributed by atoms with Gasteiger partial charge in [-0.15, -0.1) is 0 Å². The zero-order valence-corrected chi connectivity index (χ0v) is 28.3. The maximum Gasteiger partial charge on any atom is 0.251 e. The lowest BCUT2D eigenvalue weighted by atomic mass is 9.75. The number of benzene rings is 3. The fraction of sp³-hybridized carbons (Fsp3) is 0.444. The molecule has 46 heavy (non-hydrogen) atoms. The number of piperidine rings is 1. The number of rotatable bonds is 13. The van der Waals surface area contributed by atoms with Gasteiger partial charge in [-0.1, -0.05) is 53.5 Å². The van der Waals surface area contributed by atoms with Gasteiger partial charge in [-0.2, -0.15) is 0 Å². The molecule has 2 heterocycles. The van der Waals surface area contributed by atoms with E-state index in [1.807, 2.05) is 36.4 Å². The molecule has 0 aromatic heterocycles. The van der Waals surface area contributed by atoms with Gasteiger partial charge in [-0.3, -0.25) is 9.59 Å². The van der Waals surface area contributed by atoms with Crippen LogP contribution in [-0.2, 0) is 50.8 Å². The van der Waals surface area contributed by atoms with Crippen LogP contribution in [0, 0.1) is 0 Å². The number of hydrogen-bond donors (Lipinski definition) is 2. The summed E-state index contributed by atoms with van der Waals surface area (Å²) in [4.78, 5) is 28.6. The van der Waals surface area contributed by atoms with Crippen molar-refractivity contribution in [3.63, 3.8) is 0 Å². The van der Waals surface area contributed by atoms with Crippen LogP contribution in [0.5, 0.6) is 0 Å². The van der Waals surface area contributed by atoms with E-state index in [2.05, 4.69) is 33.7 Å². The first-order valence-corrected chi connectivity index (χ1v) is 16.5. The molecule has 1 fully saturated rings. The Hall–Kier alpha value is -2.98. The molecule has 0 radical (unpaired) electrons. The smallest absolute Gasteiger partial charge is 0.251 e. The molecule has 10 heteroatoms. The lowest BCUT2D eigenvalue weighted by molar-refractivity contribution is -0.124. The minimum atomic E-state index is -0.304. The Balaban J connectivity index is 1.28. The molecule has 5 rings (SSSR count). The topological polar surface area (TPSA) is 89.1 Å². The summed E-state index contributed by atoms with van der Waals surface area (Å²) in [5, 5.41) is 7.50. The number of carbonyl (C=O) groups excluding carboxylic acids is 2. The van der Waals surface area contributed by atoms with Gasteiger partial charge in [-0.25, -0.2) is 0 Å². The molecule has 2 N–H and O–H groups in total. The number of methoxy groups -OCH3 is 3. The molecule has 1 atom stereocenters. The summed E-state index contributed by atoms with van der Waals surface area (Å²) in [6.07, 6.45) is 2.97. The highest BCUT2D eigenvalue weighted by atomic mass is 35.5. The number of likely N-dealkylation sites (tertiary alicyclic amines) is 1. The lowest BCUT2D eigenvalue weighted by Gasteiger charge is -2.46. The van der Waals surface area contributed by atoms with Crippen molar-refractivity contribution in [2.75, 3.05) is 47.5 Å². The summed E-state index contributed by atoms with van der Waals surface area (Å²) in [7, 11) is 4.91. The lowest BCUT2D eigenvalue weighted by Crippen LogP contribution is -2.56. The summed E-state index contributed by atoms with van der Waals surface area (Å²) >= 11 is 12.7. The van der Waals surface area contributed by atoms with E-state index >= 15 is 0 Å². The van der Waals surface area contributed by atoms with Crippen molar-refractivity contribution >= 4 is 35.0 Å². The van der Waals surface area contributed by atoms with E-state index in [4.69, 9.17) is 37.4 Å². The molecule has 1 saturated heterocycles. The molecule has 0 saturated carbocycles. The standard InChI is InChI=1S/C36H43Cl2N3O5/c1-44-21-28-16-27(17-29(22-45-2)30(28)23-46-3)35(43)39-20-26(24-8-9-32(37)33(38)18-24)10-13-41-14-11-36(12-15-41)31-7-5-4-6-25(31)19-34(42)40-36/h4-9,16-18,26H,10-15,19-23H2,1-3H3,(H,39,43)(H,40,42). The Kier molecular flexibility index (Phi) is 11.8. The van der Waals surface area contributed by atoms with Crippen molar-refractivity contribution in [2.24, 2.45) is 0 Å². The van der Waals surface area contributed by atoms with Gasteiger partial charge in [0.25, 0.3) is 5.91 Å². The molecule has 3 aromatic carbocycles. The molecule has 3 aromatic rings. The molecular formula is C36H43Cl2N3O5. The van der Waals surface area contributed by atoms with Gasteiger partial charge in [0, 0.05) is 52.4 Å². The van der Waals surface area contributed by atoms with Crippen molar-refractivity contribution in [1.29, 1.82) is 0 Å². The molecule has 2 aliphatic rings. The van der Waals surface area contributed by atoms with Gasteiger partial charge in [0.2, 0.25) is 5.91 Å². The molecule has 0 aliphatic carbocycles. The normalized spacial score (nSPS) is 16.6. The third kappa shape index (κ3) is 7.93. The fourth-order valence-electron chi connectivity index (χ4n) is 6.88. The first kappa shape index (κ1) is 34.4. The average molecular weight is 669 g/mol. The molecule has 1 spiro atoms. The van der Waals surface area contributed by atoms with Gasteiger partial charge in [0.05, 0.1) is 41.8 Å². The summed E-state index contributed by atoms with van der Waals surface area (Å²) in [6, 6.07) is 17.7. The van der Waals surface area contributed by atoms with Crippen molar-refractivity contribution in [1.82, 2.24) is 15.5 Å². The van der Waals surface area contributed by atoms with E-state index in [1.54, 1.807) is 21.3 Å². The Morgan fingerprint density at radius 1 is 0.935 bits per heavy atom. The molecule has 2 aliphatic heterocycles. The minimum absolute atomic E-state index is 0.00867. The molecule has 0 bridgehead atoms. The number of nitrogens with zero attached hydrogens (tertiary/aromatic N) is 1. The third-order valence-electron chi connectivity index (χ3n) is 9.28. The maximum absolute atomic E-state index is 13.6. The second-order valence-electron chi connectivity index (χ2n) is 12.2. The van der Waals surface area contributed by atoms with Crippen LogP contribution < -0.4 is 10.6 Å². The van der Waals surface area contributed by atoms with Crippen LogP contribution in [0.4, 0.5) is 0 Å². The summed E-state index contributed by atoms with van der Waals surface area (Å²) < 4.78 is 16.3. The largest absolute Gasteiger partial charge is 0.380 e. The van der Waals surface area contributed by atoms with Crippen LogP contribution in [0.2, 0.25) is 10.0 Å². The van der Waals surface area contributed by atoms with Gasteiger partial charge < -0.3 is 29.7 Å². The van der Waals surface area contributed by atoms with E-state index in [0.29, 0.717) is 48.4 Å². The van der Waals surface area contributed by atoms with Gasteiger partial charge in [0.1, 0.15) is 0 Å². The second kappa shape index (κ2) is 15.7. The van der Waals surface area contributed by atoms with E-state index in [-0.39, 0.29) is 23.3 Å². The Morgan fingerprint density at radius 3 is 2.26 bits per heavy atom. The van der Waals surface area contributed by atoms with Crippen LogP contribution in [0.15, 0.2) is 54.6 Å². The zero-order valence-electron chi connectivity index (χ0n) is 26.8. The minimum Gasteiger partial charge on any atom is -0.380 e. The number of hydrogen-bond acceptors (Lipinski definition) is 6. The highest BCUT2D eigenvalue weighted by molar-refractivity contribution is 6.42. The Labute approximate surface area is 281 Å². The number of carbonyl (C=O) groups is 2. The number of ether oxygens (including phenoxy) is 3. The number of nitrogens with one attached hydrogen (secondary N) is 2. The number of halogens is 2. The maximum atomic E-state index is 13.6. The van der Waals surface area contributed by atoms with Crippen molar-refractivity contribution in [3.05, 3.63) is 104 Å². The van der Waals surface area contributed by atoms with Crippen molar-refractivity contribution in [3.8, 4) is 0 Å². The quantitative estimate of drug-likeness (QED) is 0.233. The van der Waals surface area contributed by atoms with E-state index in [9.17, 15) is 9.59 Å². The predicted octanol–water partition coefficient (Wildman–Crippen LogP) is 6.00. The number of fused-ring (bicyclic) bond motifs is 2. The predicted molar refractivity (Wildman–Crippen MR) is 180 cm³/mol. The SMILES string of the molecule is COCc1cc(C(=O)NCC(CCN2CCC3(CC2)NC(=O)Cc2ccccc23)c2ccc(Cl)c(Cl)c2)cc(COC)c1COC. The molecule has 2 amide bonds. The van der Waals surface area contributed by atoms with Gasteiger partial charge >= 0.3 is 0 Å². The van der Waals surface area contributed by atoms with Gasteiger partial charge in [-0.05, 0) is 83.5 Å². The molecular weight excluding hydrogens is 625 g/mol. The average Bonchev–Trinajstić information content (AvgIpc) is 3.04. The first-order valence-electron chi connectivity index (χ1n) is 15.7. The van der Waals surface area contributed by atoms with Crippen LogP contribution in [0.1, 0.15) is 68.9 Å². The molecule has 8 nitrogen and oxygen atoms in total. The zero-order chi connectivity index (χ0) is 32.7. The van der Waals surface area contributed by atoms with Crippen LogP contribution in [-0.4, -0.2) is 64.2 Å². The molecule has 246 valence electrons. The first-order chi connectivity index (χ1) is 22.3. The van der Waals surface area contributed by atoms with Crippen LogP contribution >= 0.6 is 23.2 Å². The summed E-state index contributed by atoms with van der Waals surface area (Å²) in [5.74, 6) is -0.0655. The monoisotopic (exact) mass is 667 g/mol. The number of amides is 2. The van der Waals surface area contributed by atoms with Crippen LogP contribution in [0.3, 0.4) is 0 Å². The Morgan fingerprint density at radius 2 is 1.61 bits per heavy atom. The third-order valence-corrected chi connectivity index (χ3v) is 10.0. The van der Waals surface area contributed by atoms with E-state index in [0.717, 1.165) is 66.7 Å². The summed E-state index contributed by atoms with van der Waals surface area (Å²) in [5.41, 5.74) is 6.40. The molecule has 1 unspecified atom stereocenters. The van der Waals surface area contributed by atoms with E-state index in [1.165, 1.54) is 5.56 Å². The Bertz CT molecular complexity index is 1510. The highest BCUT2D eigenvalue weighted by Crippen LogP contribution is 2.38. The highest BCUT2D eigenvalue weighted by Gasteiger charge is 2.41.